The van der Waals surface area contributed by atoms with Crippen LogP contribution in [0.5, 0.6) is 0 Å². The topological polar surface area (TPSA) is 6.48 Å². The van der Waals surface area contributed by atoms with Crippen LogP contribution in [0.15, 0.2) is 18.2 Å². The van der Waals surface area contributed by atoms with E-state index in [1.165, 1.54) is 76.1 Å². The fourth-order valence-electron chi connectivity index (χ4n) is 6.19. The minimum atomic E-state index is 0. The first-order valence-corrected chi connectivity index (χ1v) is 11.3. The third-order valence-electron chi connectivity index (χ3n) is 7.10. The molecule has 0 spiro atoms. The fraction of sp³-hybridized carbons (Fsp3) is 0.760. The normalized spacial score (nSPS) is 25.4. The molecule has 158 valence electrons. The molecule has 1 heterocycles. The van der Waals surface area contributed by atoms with E-state index in [4.69, 9.17) is 0 Å². The maximum Gasteiger partial charge on any atom is 0.0402 e. The number of halogens is 1. The van der Waals surface area contributed by atoms with Crippen molar-refractivity contribution in [1.29, 1.82) is 0 Å². The summed E-state index contributed by atoms with van der Waals surface area (Å²) >= 11 is 0. The van der Waals surface area contributed by atoms with Crippen LogP contribution in [0.1, 0.15) is 76.8 Å². The van der Waals surface area contributed by atoms with Crippen LogP contribution >= 0.6 is 12.4 Å². The molecule has 28 heavy (non-hydrogen) atoms. The number of rotatable bonds is 4. The molecule has 1 aromatic rings. The van der Waals surface area contributed by atoms with Crippen LogP contribution in [0.4, 0.5) is 5.69 Å². The lowest BCUT2D eigenvalue weighted by atomic mass is 9.60. The van der Waals surface area contributed by atoms with Gasteiger partial charge in [0.05, 0.1) is 0 Å². The molecule has 1 aliphatic heterocycles. The van der Waals surface area contributed by atoms with Gasteiger partial charge in [0.2, 0.25) is 0 Å². The molecule has 3 heteroatoms. The molecule has 2 saturated carbocycles. The molecule has 0 N–H and O–H groups in total. The summed E-state index contributed by atoms with van der Waals surface area (Å²) in [6.45, 7) is 18.4. The maximum absolute atomic E-state index is 2.70. The highest BCUT2D eigenvalue weighted by atomic mass is 35.5. The zero-order valence-electron chi connectivity index (χ0n) is 18.8. The Hall–Kier alpha value is -0.730. The molecular formula is C25H41ClN2. The number of hydrogen-bond donors (Lipinski definition) is 0. The number of nitrogens with zero attached hydrogens (tertiary/aromatic N) is 2. The van der Waals surface area contributed by atoms with E-state index in [1.807, 2.05) is 0 Å². The Morgan fingerprint density at radius 1 is 0.929 bits per heavy atom. The molecule has 2 nitrogen and oxygen atoms in total. The van der Waals surface area contributed by atoms with Gasteiger partial charge in [0.15, 0.2) is 0 Å². The zero-order chi connectivity index (χ0) is 19.2. The number of anilines is 1. The summed E-state index contributed by atoms with van der Waals surface area (Å²) in [4.78, 5) is 5.39. The molecule has 1 aromatic carbocycles. The zero-order valence-corrected chi connectivity index (χ0v) is 19.6. The standard InChI is InChI=1S/C25H40N2.ClH/c1-19-6-9-23(27-12-10-26(11-13-27)17-20-7-8-20)22(14-19)21-15-24(2,3)18-25(4,5)16-21;/h6,9,14,20-21H,7-8,10-13,15-18H2,1-5H3;1H. The van der Waals surface area contributed by atoms with E-state index in [1.54, 1.807) is 5.56 Å². The molecule has 2 aliphatic carbocycles. The highest BCUT2D eigenvalue weighted by Gasteiger charge is 2.40. The highest BCUT2D eigenvalue weighted by molar-refractivity contribution is 5.85. The van der Waals surface area contributed by atoms with Crippen molar-refractivity contribution in [3.8, 4) is 0 Å². The summed E-state index contributed by atoms with van der Waals surface area (Å²) in [5.41, 5.74) is 5.46. The first kappa shape index (κ1) is 22.0. The summed E-state index contributed by atoms with van der Waals surface area (Å²) in [7, 11) is 0. The molecule has 0 atom stereocenters. The second-order valence-electron chi connectivity index (χ2n) is 11.4. The van der Waals surface area contributed by atoms with Crippen molar-refractivity contribution in [3.63, 3.8) is 0 Å². The van der Waals surface area contributed by atoms with E-state index >= 15 is 0 Å². The molecule has 0 aromatic heterocycles. The Labute approximate surface area is 179 Å². The van der Waals surface area contributed by atoms with Gasteiger partial charge >= 0.3 is 0 Å². The number of piperazine rings is 1. The van der Waals surface area contributed by atoms with E-state index in [0.29, 0.717) is 16.7 Å². The Kier molecular flexibility index (Phi) is 6.42. The summed E-state index contributed by atoms with van der Waals surface area (Å²) in [5, 5.41) is 0. The summed E-state index contributed by atoms with van der Waals surface area (Å²) in [6, 6.07) is 7.26. The predicted octanol–water partition coefficient (Wildman–Crippen LogP) is 6.27. The van der Waals surface area contributed by atoms with Crippen LogP contribution < -0.4 is 4.90 Å². The molecule has 3 fully saturated rings. The van der Waals surface area contributed by atoms with Crippen LogP contribution in [0.3, 0.4) is 0 Å². The van der Waals surface area contributed by atoms with Gasteiger partial charge in [0.25, 0.3) is 0 Å². The first-order valence-electron chi connectivity index (χ1n) is 11.3. The van der Waals surface area contributed by atoms with Gasteiger partial charge in [-0.15, -0.1) is 12.4 Å². The second-order valence-corrected chi connectivity index (χ2v) is 11.4. The van der Waals surface area contributed by atoms with Gasteiger partial charge < -0.3 is 4.90 Å². The van der Waals surface area contributed by atoms with Gasteiger partial charge in [-0.05, 0) is 73.3 Å². The van der Waals surface area contributed by atoms with Gasteiger partial charge in [0.1, 0.15) is 0 Å². The number of benzene rings is 1. The quantitative estimate of drug-likeness (QED) is 0.583. The molecule has 0 amide bonds. The van der Waals surface area contributed by atoms with Crippen molar-refractivity contribution in [2.24, 2.45) is 16.7 Å². The Bertz CT molecular complexity index is 653. The third kappa shape index (κ3) is 5.25. The molecule has 3 aliphatic rings. The molecular weight excluding hydrogens is 364 g/mol. The van der Waals surface area contributed by atoms with Crippen LogP contribution in [0.2, 0.25) is 0 Å². The first-order chi connectivity index (χ1) is 12.7. The monoisotopic (exact) mass is 404 g/mol. The number of aryl methyl sites for hydroxylation is 1. The van der Waals surface area contributed by atoms with Crippen molar-refractivity contribution >= 4 is 18.1 Å². The lowest BCUT2D eigenvalue weighted by Crippen LogP contribution is -2.47. The second kappa shape index (κ2) is 8.19. The van der Waals surface area contributed by atoms with Crippen LogP contribution in [0, 0.1) is 23.7 Å². The average Bonchev–Trinajstić information content (AvgIpc) is 3.37. The SMILES string of the molecule is Cc1ccc(N2CCN(CC3CC3)CC2)c(C2CC(C)(C)CC(C)(C)C2)c1.Cl. The number of hydrogen-bond acceptors (Lipinski definition) is 2. The summed E-state index contributed by atoms with van der Waals surface area (Å²) in [5.74, 6) is 1.71. The van der Waals surface area contributed by atoms with Crippen molar-refractivity contribution in [2.75, 3.05) is 37.6 Å². The van der Waals surface area contributed by atoms with Crippen LogP contribution in [-0.4, -0.2) is 37.6 Å². The van der Waals surface area contributed by atoms with Crippen LogP contribution in [0.25, 0.3) is 0 Å². The van der Waals surface area contributed by atoms with Crippen LogP contribution in [-0.2, 0) is 0 Å². The lowest BCUT2D eigenvalue weighted by molar-refractivity contribution is 0.0969. The minimum Gasteiger partial charge on any atom is -0.369 e. The van der Waals surface area contributed by atoms with Gasteiger partial charge in [-0.25, -0.2) is 0 Å². The Morgan fingerprint density at radius 2 is 1.54 bits per heavy atom. The van der Waals surface area contributed by atoms with Gasteiger partial charge in [-0.2, -0.15) is 0 Å². The van der Waals surface area contributed by atoms with E-state index in [0.717, 1.165) is 5.92 Å². The van der Waals surface area contributed by atoms with Gasteiger partial charge in [0, 0.05) is 38.4 Å². The van der Waals surface area contributed by atoms with Crippen molar-refractivity contribution in [2.45, 2.75) is 72.6 Å². The van der Waals surface area contributed by atoms with E-state index in [-0.39, 0.29) is 12.4 Å². The molecule has 1 saturated heterocycles. The van der Waals surface area contributed by atoms with Crippen molar-refractivity contribution < 1.29 is 0 Å². The van der Waals surface area contributed by atoms with Gasteiger partial charge in [-0.1, -0.05) is 45.4 Å². The highest BCUT2D eigenvalue weighted by Crippen LogP contribution is 2.53. The summed E-state index contributed by atoms with van der Waals surface area (Å²) < 4.78 is 0. The van der Waals surface area contributed by atoms with E-state index in [2.05, 4.69) is 62.6 Å². The van der Waals surface area contributed by atoms with Crippen molar-refractivity contribution in [1.82, 2.24) is 4.90 Å². The minimum absolute atomic E-state index is 0. The average molecular weight is 405 g/mol. The van der Waals surface area contributed by atoms with E-state index in [9.17, 15) is 0 Å². The van der Waals surface area contributed by atoms with E-state index < -0.39 is 0 Å². The molecule has 0 unspecified atom stereocenters. The van der Waals surface area contributed by atoms with Gasteiger partial charge in [-0.3, -0.25) is 4.90 Å². The Morgan fingerprint density at radius 3 is 2.11 bits per heavy atom. The van der Waals surface area contributed by atoms with Crippen molar-refractivity contribution in [3.05, 3.63) is 29.3 Å². The third-order valence-corrected chi connectivity index (χ3v) is 7.10. The molecule has 0 bridgehead atoms. The fourth-order valence-corrected chi connectivity index (χ4v) is 6.19. The largest absolute Gasteiger partial charge is 0.369 e. The Balaban J connectivity index is 0.00000225. The predicted molar refractivity (Wildman–Crippen MR) is 124 cm³/mol. The molecule has 4 rings (SSSR count). The smallest absolute Gasteiger partial charge is 0.0402 e. The molecule has 0 radical (unpaired) electrons. The maximum atomic E-state index is 2.70. The lowest BCUT2D eigenvalue weighted by Gasteiger charge is -2.46. The summed E-state index contributed by atoms with van der Waals surface area (Å²) in [6.07, 6.45) is 6.94.